The van der Waals surface area contributed by atoms with Gasteiger partial charge in [-0.15, -0.1) is 5.10 Å². The third-order valence-electron chi connectivity index (χ3n) is 2.75. The van der Waals surface area contributed by atoms with Gasteiger partial charge in [-0.1, -0.05) is 12.1 Å². The Labute approximate surface area is 103 Å². The second kappa shape index (κ2) is 7.37. The molecule has 17 heavy (non-hydrogen) atoms. The van der Waals surface area contributed by atoms with Gasteiger partial charge in [-0.3, -0.25) is 9.58 Å². The van der Waals surface area contributed by atoms with Crippen molar-refractivity contribution in [1.29, 1.82) is 0 Å². The summed E-state index contributed by atoms with van der Waals surface area (Å²) in [5.74, 6) is 0. The van der Waals surface area contributed by atoms with Crippen molar-refractivity contribution in [3.8, 4) is 0 Å². The molecule has 0 aliphatic rings. The lowest BCUT2D eigenvalue weighted by Crippen LogP contribution is -2.35. The Hall–Kier alpha value is -0.980. The van der Waals surface area contributed by atoms with Crippen LogP contribution in [0.2, 0.25) is 0 Å². The molecule has 1 rings (SSSR count). The highest BCUT2D eigenvalue weighted by molar-refractivity contribution is 4.92. The van der Waals surface area contributed by atoms with E-state index in [0.29, 0.717) is 19.1 Å². The molecule has 1 atom stereocenters. The zero-order valence-corrected chi connectivity index (χ0v) is 11.0. The van der Waals surface area contributed by atoms with E-state index in [1.54, 1.807) is 11.8 Å². The van der Waals surface area contributed by atoms with Crippen LogP contribution >= 0.6 is 0 Å². The summed E-state index contributed by atoms with van der Waals surface area (Å²) in [5, 5.41) is 8.17. The van der Waals surface area contributed by atoms with E-state index in [9.17, 15) is 0 Å². The molecule has 0 bridgehead atoms. The van der Waals surface area contributed by atoms with Crippen molar-refractivity contribution in [1.82, 2.24) is 19.9 Å². The Morgan fingerprint density at radius 1 is 1.59 bits per heavy atom. The van der Waals surface area contributed by atoms with Crippen molar-refractivity contribution in [3.05, 3.63) is 11.9 Å². The van der Waals surface area contributed by atoms with Gasteiger partial charge in [-0.05, 0) is 13.5 Å². The second-order valence-corrected chi connectivity index (χ2v) is 4.13. The van der Waals surface area contributed by atoms with Crippen molar-refractivity contribution in [2.75, 3.05) is 26.8 Å². The minimum Gasteiger partial charge on any atom is -0.383 e. The molecular weight excluding hydrogens is 218 g/mol. The normalized spacial score (nSPS) is 13.2. The van der Waals surface area contributed by atoms with Gasteiger partial charge < -0.3 is 10.5 Å². The number of rotatable bonds is 8. The van der Waals surface area contributed by atoms with Gasteiger partial charge in [0.2, 0.25) is 0 Å². The Kier molecular flexibility index (Phi) is 6.10. The Morgan fingerprint density at radius 3 is 2.94 bits per heavy atom. The van der Waals surface area contributed by atoms with Crippen LogP contribution in [0.25, 0.3) is 0 Å². The first-order chi connectivity index (χ1) is 8.21. The van der Waals surface area contributed by atoms with Gasteiger partial charge in [0.25, 0.3) is 0 Å². The monoisotopic (exact) mass is 241 g/mol. The lowest BCUT2D eigenvalue weighted by molar-refractivity contribution is 0.0974. The molecule has 6 heteroatoms. The SMILES string of the molecule is CCN(Cc1cn(CCN)nn1)C(C)COC. The molecule has 1 heterocycles. The van der Waals surface area contributed by atoms with Gasteiger partial charge in [0.1, 0.15) is 0 Å². The van der Waals surface area contributed by atoms with E-state index in [1.807, 2.05) is 6.20 Å². The predicted molar refractivity (Wildman–Crippen MR) is 66.5 cm³/mol. The summed E-state index contributed by atoms with van der Waals surface area (Å²) >= 11 is 0. The molecular formula is C11H23N5O. The van der Waals surface area contributed by atoms with Crippen LogP contribution < -0.4 is 5.73 Å². The third kappa shape index (κ3) is 4.41. The smallest absolute Gasteiger partial charge is 0.0967 e. The first-order valence-corrected chi connectivity index (χ1v) is 6.03. The summed E-state index contributed by atoms with van der Waals surface area (Å²) in [6.07, 6.45) is 1.95. The molecule has 0 aromatic carbocycles. The van der Waals surface area contributed by atoms with E-state index in [-0.39, 0.29) is 0 Å². The number of ether oxygens (including phenoxy) is 1. The molecule has 1 aromatic rings. The van der Waals surface area contributed by atoms with Crippen molar-refractivity contribution in [2.24, 2.45) is 5.73 Å². The fourth-order valence-electron chi connectivity index (χ4n) is 1.79. The van der Waals surface area contributed by atoms with Crippen molar-refractivity contribution >= 4 is 0 Å². The number of nitrogens with zero attached hydrogens (tertiary/aromatic N) is 4. The Morgan fingerprint density at radius 2 is 2.35 bits per heavy atom. The Bertz CT molecular complexity index is 315. The van der Waals surface area contributed by atoms with Gasteiger partial charge in [-0.2, -0.15) is 0 Å². The van der Waals surface area contributed by atoms with Crippen LogP contribution in [-0.4, -0.2) is 52.7 Å². The number of methoxy groups -OCH3 is 1. The van der Waals surface area contributed by atoms with E-state index in [0.717, 1.165) is 25.4 Å². The summed E-state index contributed by atoms with van der Waals surface area (Å²) in [6.45, 7) is 8.07. The summed E-state index contributed by atoms with van der Waals surface area (Å²) in [5.41, 5.74) is 6.44. The largest absolute Gasteiger partial charge is 0.383 e. The van der Waals surface area contributed by atoms with Crippen LogP contribution in [0.1, 0.15) is 19.5 Å². The van der Waals surface area contributed by atoms with Crippen molar-refractivity contribution < 1.29 is 4.74 Å². The minimum atomic E-state index is 0.379. The van der Waals surface area contributed by atoms with E-state index >= 15 is 0 Å². The molecule has 1 unspecified atom stereocenters. The molecule has 0 spiro atoms. The summed E-state index contributed by atoms with van der Waals surface area (Å²) in [6, 6.07) is 0.379. The molecule has 1 aromatic heterocycles. The first-order valence-electron chi connectivity index (χ1n) is 6.03. The van der Waals surface area contributed by atoms with Crippen LogP contribution in [0, 0.1) is 0 Å². The molecule has 0 saturated carbocycles. The number of hydrogen-bond donors (Lipinski definition) is 1. The van der Waals surface area contributed by atoms with Crippen molar-refractivity contribution in [3.63, 3.8) is 0 Å². The predicted octanol–water partition coefficient (Wildman–Crippen LogP) is 0.0936. The topological polar surface area (TPSA) is 69.2 Å². The zero-order chi connectivity index (χ0) is 12.7. The summed E-state index contributed by atoms with van der Waals surface area (Å²) in [4.78, 5) is 2.31. The lowest BCUT2D eigenvalue weighted by atomic mass is 10.3. The van der Waals surface area contributed by atoms with Gasteiger partial charge in [0.05, 0.1) is 18.8 Å². The second-order valence-electron chi connectivity index (χ2n) is 4.13. The maximum atomic E-state index is 5.47. The minimum absolute atomic E-state index is 0.379. The molecule has 6 nitrogen and oxygen atoms in total. The van der Waals surface area contributed by atoms with Crippen LogP contribution in [0.5, 0.6) is 0 Å². The fraction of sp³-hybridized carbons (Fsp3) is 0.818. The molecule has 0 amide bonds. The molecule has 0 radical (unpaired) electrons. The molecule has 2 N–H and O–H groups in total. The maximum Gasteiger partial charge on any atom is 0.0967 e. The summed E-state index contributed by atoms with van der Waals surface area (Å²) in [7, 11) is 1.72. The zero-order valence-electron chi connectivity index (χ0n) is 11.0. The average Bonchev–Trinajstić information content (AvgIpc) is 2.74. The highest BCUT2D eigenvalue weighted by atomic mass is 16.5. The van der Waals surface area contributed by atoms with E-state index in [2.05, 4.69) is 29.1 Å². The van der Waals surface area contributed by atoms with Crippen LogP contribution in [0.4, 0.5) is 0 Å². The highest BCUT2D eigenvalue weighted by Gasteiger charge is 2.13. The molecule has 0 aliphatic heterocycles. The van der Waals surface area contributed by atoms with Gasteiger partial charge >= 0.3 is 0 Å². The van der Waals surface area contributed by atoms with E-state index < -0.39 is 0 Å². The number of aromatic nitrogens is 3. The standard InChI is InChI=1S/C11H23N5O/c1-4-15(10(2)9-17-3)7-11-8-16(6-5-12)14-13-11/h8,10H,4-7,9,12H2,1-3H3. The van der Waals surface area contributed by atoms with Crippen molar-refractivity contribution in [2.45, 2.75) is 33.0 Å². The number of nitrogens with two attached hydrogens (primary N) is 1. The fourth-order valence-corrected chi connectivity index (χ4v) is 1.79. The van der Waals surface area contributed by atoms with Crippen LogP contribution in [0.15, 0.2) is 6.20 Å². The lowest BCUT2D eigenvalue weighted by Gasteiger charge is -2.26. The quantitative estimate of drug-likeness (QED) is 0.699. The molecule has 98 valence electrons. The maximum absolute atomic E-state index is 5.47. The van der Waals surface area contributed by atoms with Gasteiger partial charge in [-0.25, -0.2) is 0 Å². The molecule has 0 saturated heterocycles. The number of hydrogen-bond acceptors (Lipinski definition) is 5. The molecule has 0 aliphatic carbocycles. The van der Waals surface area contributed by atoms with E-state index in [4.69, 9.17) is 10.5 Å². The van der Waals surface area contributed by atoms with Gasteiger partial charge in [0.15, 0.2) is 0 Å². The van der Waals surface area contributed by atoms with E-state index in [1.165, 1.54) is 0 Å². The first kappa shape index (κ1) is 14.1. The number of likely N-dealkylation sites (N-methyl/N-ethyl adjacent to an activating group) is 1. The Balaban J connectivity index is 2.54. The average molecular weight is 241 g/mol. The highest BCUT2D eigenvalue weighted by Crippen LogP contribution is 2.05. The van der Waals surface area contributed by atoms with Crippen LogP contribution in [0.3, 0.4) is 0 Å². The molecule has 0 fully saturated rings. The van der Waals surface area contributed by atoms with Crippen LogP contribution in [-0.2, 0) is 17.8 Å². The van der Waals surface area contributed by atoms with Gasteiger partial charge in [0, 0.05) is 32.4 Å². The summed E-state index contributed by atoms with van der Waals surface area (Å²) < 4.78 is 6.95. The third-order valence-corrected chi connectivity index (χ3v) is 2.75.